The van der Waals surface area contributed by atoms with E-state index in [1.165, 1.54) is 0 Å². The predicted molar refractivity (Wildman–Crippen MR) is 138 cm³/mol. The van der Waals surface area contributed by atoms with Crippen LogP contribution in [0.2, 0.25) is 0 Å². The average molecular weight is 471 g/mol. The zero-order valence-electron chi connectivity index (χ0n) is 19.3. The second-order valence-corrected chi connectivity index (χ2v) is 8.71. The van der Waals surface area contributed by atoms with E-state index < -0.39 is 0 Å². The third kappa shape index (κ3) is 3.58. The first-order valence-electron chi connectivity index (χ1n) is 11.1. The predicted octanol–water partition coefficient (Wildman–Crippen LogP) is 5.38. The highest BCUT2D eigenvalue weighted by molar-refractivity contribution is 7.80. The number of aryl methyl sites for hydroxylation is 1. The highest BCUT2D eigenvalue weighted by Crippen LogP contribution is 2.46. The van der Waals surface area contributed by atoms with Crippen molar-refractivity contribution in [1.29, 1.82) is 0 Å². The van der Waals surface area contributed by atoms with Gasteiger partial charge in [-0.25, -0.2) is 0 Å². The van der Waals surface area contributed by atoms with E-state index in [2.05, 4.69) is 32.8 Å². The molecule has 0 saturated carbocycles. The van der Waals surface area contributed by atoms with E-state index in [9.17, 15) is 5.11 Å². The molecule has 0 unspecified atom stereocenters. The highest BCUT2D eigenvalue weighted by atomic mass is 32.1. The maximum absolute atomic E-state index is 10.6. The van der Waals surface area contributed by atoms with Crippen molar-refractivity contribution in [2.45, 2.75) is 25.9 Å². The second-order valence-electron chi connectivity index (χ2n) is 8.32. The lowest BCUT2D eigenvalue weighted by atomic mass is 9.96. The highest BCUT2D eigenvalue weighted by Gasteiger charge is 2.43. The minimum absolute atomic E-state index is 0.170. The summed E-state index contributed by atoms with van der Waals surface area (Å²) >= 11 is 5.87. The Morgan fingerprint density at radius 3 is 2.38 bits per heavy atom. The minimum Gasteiger partial charge on any atom is -0.506 e. The number of thiocarbonyl (C=S) groups is 1. The van der Waals surface area contributed by atoms with E-state index in [1.807, 2.05) is 67.6 Å². The van der Waals surface area contributed by atoms with Crippen molar-refractivity contribution < 1.29 is 9.84 Å². The van der Waals surface area contributed by atoms with E-state index in [4.69, 9.17) is 17.0 Å². The van der Waals surface area contributed by atoms with Crippen molar-refractivity contribution in [2.24, 2.45) is 0 Å². The molecule has 6 nitrogen and oxygen atoms in total. The van der Waals surface area contributed by atoms with E-state index in [-0.39, 0.29) is 17.8 Å². The molecule has 1 saturated heterocycles. The first-order valence-corrected chi connectivity index (χ1v) is 11.5. The van der Waals surface area contributed by atoms with Crippen molar-refractivity contribution >= 4 is 23.0 Å². The summed E-state index contributed by atoms with van der Waals surface area (Å²) < 4.78 is 7.78. The SMILES string of the molecule is COc1ccccc1N1C(=S)N[C@@H](c2ccccn2)[C@H]1c1cc(C)n(-c2ccccc2O)c1C. The third-order valence-electron chi connectivity index (χ3n) is 6.35. The number of nitrogens with one attached hydrogen (secondary N) is 1. The Balaban J connectivity index is 1.72. The molecular weight excluding hydrogens is 444 g/mol. The first-order chi connectivity index (χ1) is 16.5. The molecule has 0 spiro atoms. The Morgan fingerprint density at radius 1 is 0.971 bits per heavy atom. The molecule has 2 N–H and O–H groups in total. The van der Waals surface area contributed by atoms with Crippen molar-refractivity contribution in [3.63, 3.8) is 0 Å². The Kier molecular flexibility index (Phi) is 5.71. The number of hydrogen-bond donors (Lipinski definition) is 2. The van der Waals surface area contributed by atoms with Crippen molar-refractivity contribution in [2.75, 3.05) is 12.0 Å². The van der Waals surface area contributed by atoms with Gasteiger partial charge < -0.3 is 24.6 Å². The zero-order valence-corrected chi connectivity index (χ0v) is 20.1. The van der Waals surface area contributed by atoms with Gasteiger partial charge in [-0.2, -0.15) is 0 Å². The maximum Gasteiger partial charge on any atom is 0.174 e. The van der Waals surface area contributed by atoms with Gasteiger partial charge >= 0.3 is 0 Å². The molecule has 34 heavy (non-hydrogen) atoms. The van der Waals surface area contributed by atoms with Crippen molar-refractivity contribution in [1.82, 2.24) is 14.9 Å². The number of phenolic OH excluding ortho intramolecular Hbond substituents is 1. The molecule has 2 aromatic carbocycles. The van der Waals surface area contributed by atoms with Gasteiger partial charge in [-0.1, -0.05) is 30.3 Å². The van der Waals surface area contributed by atoms with Gasteiger partial charge in [-0.3, -0.25) is 4.98 Å². The van der Waals surface area contributed by atoms with E-state index >= 15 is 0 Å². The molecule has 0 radical (unpaired) electrons. The van der Waals surface area contributed by atoms with Gasteiger partial charge in [0.1, 0.15) is 11.5 Å². The number of aromatic hydroxyl groups is 1. The Bertz CT molecular complexity index is 1350. The molecule has 3 heterocycles. The smallest absolute Gasteiger partial charge is 0.174 e. The molecule has 1 aliphatic heterocycles. The topological polar surface area (TPSA) is 62.5 Å². The number of methoxy groups -OCH3 is 1. The van der Waals surface area contributed by atoms with Crippen LogP contribution in [0.5, 0.6) is 11.5 Å². The number of aromatic nitrogens is 2. The fourth-order valence-corrected chi connectivity index (χ4v) is 5.21. The quantitative estimate of drug-likeness (QED) is 0.382. The van der Waals surface area contributed by atoms with Crippen LogP contribution in [-0.4, -0.2) is 26.9 Å². The number of pyridine rings is 1. The summed E-state index contributed by atoms with van der Waals surface area (Å²) in [5.41, 5.74) is 5.67. The van der Waals surface area contributed by atoms with Gasteiger partial charge in [0.2, 0.25) is 0 Å². The number of nitrogens with zero attached hydrogens (tertiary/aromatic N) is 3. The number of para-hydroxylation sites is 4. The zero-order chi connectivity index (χ0) is 23.8. The first kappa shape index (κ1) is 22.0. The number of ether oxygens (including phenoxy) is 1. The van der Waals surface area contributed by atoms with Crippen LogP contribution in [0.15, 0.2) is 79.0 Å². The van der Waals surface area contributed by atoms with Crippen LogP contribution in [-0.2, 0) is 0 Å². The number of hydrogen-bond acceptors (Lipinski definition) is 4. The molecule has 0 bridgehead atoms. The van der Waals surface area contributed by atoms with Crippen LogP contribution in [0, 0.1) is 13.8 Å². The van der Waals surface area contributed by atoms with Gasteiger partial charge in [0.25, 0.3) is 0 Å². The van der Waals surface area contributed by atoms with Crippen LogP contribution in [0.25, 0.3) is 5.69 Å². The van der Waals surface area contributed by atoms with Gasteiger partial charge in [0.15, 0.2) is 5.11 Å². The standard InChI is InChI=1S/C27H26N4O2S/c1-17-16-19(18(2)30(17)21-11-4-6-13-23(21)32)26-25(20-10-8-9-15-28-20)29-27(34)31(26)22-12-5-7-14-24(22)33-3/h4-16,25-26,32H,1-3H3,(H,29,34)/t25-,26+/m0/s1. The summed E-state index contributed by atoms with van der Waals surface area (Å²) in [5.74, 6) is 0.978. The third-order valence-corrected chi connectivity index (χ3v) is 6.67. The van der Waals surface area contributed by atoms with Gasteiger partial charge in [-0.05, 0) is 74.1 Å². The lowest BCUT2D eigenvalue weighted by Crippen LogP contribution is -2.30. The molecule has 0 aliphatic carbocycles. The van der Waals surface area contributed by atoms with E-state index in [0.29, 0.717) is 5.11 Å². The summed E-state index contributed by atoms with van der Waals surface area (Å²) in [7, 11) is 1.67. The van der Waals surface area contributed by atoms with Crippen LogP contribution in [0.3, 0.4) is 0 Å². The molecule has 7 heteroatoms. The minimum atomic E-state index is -0.176. The number of benzene rings is 2. The summed E-state index contributed by atoms with van der Waals surface area (Å²) in [6.45, 7) is 4.12. The van der Waals surface area contributed by atoms with Crippen LogP contribution in [0.4, 0.5) is 5.69 Å². The molecule has 4 aromatic rings. The van der Waals surface area contributed by atoms with E-state index in [1.54, 1.807) is 19.4 Å². The summed E-state index contributed by atoms with van der Waals surface area (Å²) in [6.07, 6.45) is 1.80. The van der Waals surface area contributed by atoms with Crippen molar-refractivity contribution in [3.8, 4) is 17.2 Å². The number of anilines is 1. The lowest BCUT2D eigenvalue weighted by Gasteiger charge is -2.29. The normalized spacial score (nSPS) is 17.6. The fourth-order valence-electron chi connectivity index (χ4n) is 4.87. The van der Waals surface area contributed by atoms with Gasteiger partial charge in [-0.15, -0.1) is 0 Å². The van der Waals surface area contributed by atoms with Crippen molar-refractivity contribution in [3.05, 3.63) is 102 Å². The summed E-state index contributed by atoms with van der Waals surface area (Å²) in [5, 5.41) is 14.7. The molecule has 5 rings (SSSR count). The monoisotopic (exact) mass is 470 g/mol. The van der Waals surface area contributed by atoms with Crippen LogP contribution < -0.4 is 15.0 Å². The molecule has 1 aliphatic rings. The average Bonchev–Trinajstić information content (AvgIpc) is 3.35. The Hall–Kier alpha value is -3.84. The maximum atomic E-state index is 10.6. The number of phenols is 1. The Labute approximate surface area is 204 Å². The molecule has 172 valence electrons. The molecule has 2 aromatic heterocycles. The summed E-state index contributed by atoms with van der Waals surface area (Å²) in [6, 6.07) is 23.0. The van der Waals surface area contributed by atoms with Crippen LogP contribution in [0.1, 0.15) is 34.7 Å². The lowest BCUT2D eigenvalue weighted by molar-refractivity contribution is 0.414. The Morgan fingerprint density at radius 2 is 1.68 bits per heavy atom. The molecule has 1 fully saturated rings. The molecular formula is C27H26N4O2S. The van der Waals surface area contributed by atoms with Gasteiger partial charge in [0.05, 0.1) is 36.3 Å². The fraction of sp³-hybridized carbons (Fsp3) is 0.185. The second kappa shape index (κ2) is 8.83. The van der Waals surface area contributed by atoms with E-state index in [0.717, 1.165) is 39.8 Å². The number of rotatable bonds is 5. The van der Waals surface area contributed by atoms with Crippen LogP contribution >= 0.6 is 12.2 Å². The molecule has 0 amide bonds. The summed E-state index contributed by atoms with van der Waals surface area (Å²) in [4.78, 5) is 6.76. The van der Waals surface area contributed by atoms with Gasteiger partial charge in [0, 0.05) is 17.6 Å². The molecule has 2 atom stereocenters. The largest absolute Gasteiger partial charge is 0.506 e.